The number of aromatic nitrogens is 2. The molecule has 4 rings (SSSR count). The van der Waals surface area contributed by atoms with Crippen LogP contribution in [-0.2, 0) is 29.5 Å². The second-order valence-electron chi connectivity index (χ2n) is 8.51. The zero-order valence-corrected chi connectivity index (χ0v) is 20.2. The number of benzene rings is 2. The molecule has 7 nitrogen and oxygen atoms in total. The molecular formula is C25H31N3O4S. The van der Waals surface area contributed by atoms with Gasteiger partial charge in [-0.1, -0.05) is 36.4 Å². The molecule has 0 saturated carbocycles. The Balaban J connectivity index is 1.37. The van der Waals surface area contributed by atoms with Gasteiger partial charge >= 0.3 is 0 Å². The van der Waals surface area contributed by atoms with Gasteiger partial charge in [0.15, 0.2) is 21.3 Å². The normalized spacial score (nSPS) is 17.2. The van der Waals surface area contributed by atoms with Crippen LogP contribution < -0.4 is 14.8 Å². The van der Waals surface area contributed by atoms with Gasteiger partial charge in [-0.2, -0.15) is 5.10 Å². The van der Waals surface area contributed by atoms with Gasteiger partial charge < -0.3 is 14.8 Å². The summed E-state index contributed by atoms with van der Waals surface area (Å²) in [4.78, 5) is 0. The van der Waals surface area contributed by atoms with Crippen LogP contribution in [0.4, 0.5) is 0 Å². The molecule has 3 aromatic rings. The Morgan fingerprint density at radius 2 is 1.85 bits per heavy atom. The summed E-state index contributed by atoms with van der Waals surface area (Å²) < 4.78 is 37.1. The van der Waals surface area contributed by atoms with Gasteiger partial charge in [0.25, 0.3) is 0 Å². The SMILES string of the molecule is COc1cc(CNCc2c(C)nn([C@@H]3CCS(=O)(=O)C3)c2C)ccc1OCc1ccccc1. The summed E-state index contributed by atoms with van der Waals surface area (Å²) in [5, 5.41) is 8.12. The van der Waals surface area contributed by atoms with Crippen molar-refractivity contribution in [1.82, 2.24) is 15.1 Å². The molecule has 0 spiro atoms. The van der Waals surface area contributed by atoms with E-state index in [1.54, 1.807) is 7.11 Å². The average molecular weight is 470 g/mol. The molecule has 8 heteroatoms. The Labute approximate surface area is 195 Å². The van der Waals surface area contributed by atoms with E-state index >= 15 is 0 Å². The summed E-state index contributed by atoms with van der Waals surface area (Å²) >= 11 is 0. The molecular weight excluding hydrogens is 438 g/mol. The summed E-state index contributed by atoms with van der Waals surface area (Å²) in [5.41, 5.74) is 5.28. The minimum atomic E-state index is -2.95. The van der Waals surface area contributed by atoms with Crippen LogP contribution >= 0.6 is 0 Å². The molecule has 0 radical (unpaired) electrons. The third kappa shape index (κ3) is 5.57. The predicted molar refractivity (Wildman–Crippen MR) is 128 cm³/mol. The maximum absolute atomic E-state index is 11.9. The van der Waals surface area contributed by atoms with E-state index in [-0.39, 0.29) is 17.5 Å². The molecule has 0 aliphatic carbocycles. The summed E-state index contributed by atoms with van der Waals surface area (Å²) in [5.74, 6) is 1.84. The fourth-order valence-corrected chi connectivity index (χ4v) is 5.98. The van der Waals surface area contributed by atoms with Crippen molar-refractivity contribution >= 4 is 9.84 Å². The van der Waals surface area contributed by atoms with Crippen LogP contribution in [0.5, 0.6) is 11.5 Å². The van der Waals surface area contributed by atoms with Crippen LogP contribution in [0.3, 0.4) is 0 Å². The largest absolute Gasteiger partial charge is 0.493 e. The minimum Gasteiger partial charge on any atom is -0.493 e. The molecule has 1 aliphatic heterocycles. The highest BCUT2D eigenvalue weighted by atomic mass is 32.2. The molecule has 0 unspecified atom stereocenters. The number of hydrogen-bond donors (Lipinski definition) is 1. The highest BCUT2D eigenvalue weighted by Gasteiger charge is 2.31. The third-order valence-electron chi connectivity index (χ3n) is 6.13. The van der Waals surface area contributed by atoms with E-state index in [1.165, 1.54) is 0 Å². The van der Waals surface area contributed by atoms with Gasteiger partial charge in [-0.15, -0.1) is 0 Å². The molecule has 1 atom stereocenters. The average Bonchev–Trinajstić information content (AvgIpc) is 3.31. The Morgan fingerprint density at radius 3 is 2.55 bits per heavy atom. The van der Waals surface area contributed by atoms with Crippen molar-refractivity contribution in [3.05, 3.63) is 76.6 Å². The van der Waals surface area contributed by atoms with E-state index in [4.69, 9.17) is 9.47 Å². The molecule has 1 aliphatic rings. The van der Waals surface area contributed by atoms with Gasteiger partial charge in [0.1, 0.15) is 6.61 Å². The quantitative estimate of drug-likeness (QED) is 0.514. The van der Waals surface area contributed by atoms with Crippen molar-refractivity contribution in [2.45, 2.75) is 46.0 Å². The number of nitrogens with one attached hydrogen (secondary N) is 1. The Bertz CT molecular complexity index is 1210. The van der Waals surface area contributed by atoms with E-state index in [2.05, 4.69) is 10.4 Å². The van der Waals surface area contributed by atoms with E-state index in [9.17, 15) is 8.42 Å². The highest BCUT2D eigenvalue weighted by molar-refractivity contribution is 7.91. The first-order valence-electron chi connectivity index (χ1n) is 11.2. The molecule has 1 saturated heterocycles. The van der Waals surface area contributed by atoms with E-state index in [0.29, 0.717) is 37.6 Å². The molecule has 0 amide bonds. The number of aryl methyl sites for hydroxylation is 1. The Hall–Kier alpha value is -2.84. The van der Waals surface area contributed by atoms with Crippen molar-refractivity contribution < 1.29 is 17.9 Å². The summed E-state index contributed by atoms with van der Waals surface area (Å²) in [7, 11) is -1.30. The maximum Gasteiger partial charge on any atom is 0.161 e. The molecule has 176 valence electrons. The van der Waals surface area contributed by atoms with Crippen LogP contribution in [0.25, 0.3) is 0 Å². The molecule has 0 bridgehead atoms. The predicted octanol–water partition coefficient (Wildman–Crippen LogP) is 3.74. The molecule has 1 aromatic heterocycles. The van der Waals surface area contributed by atoms with Crippen LogP contribution in [0.2, 0.25) is 0 Å². The van der Waals surface area contributed by atoms with Gasteiger partial charge in [0, 0.05) is 24.3 Å². The number of methoxy groups -OCH3 is 1. The number of sulfone groups is 1. The van der Waals surface area contributed by atoms with Gasteiger partial charge in [0.05, 0.1) is 30.4 Å². The number of ether oxygens (including phenoxy) is 2. The van der Waals surface area contributed by atoms with Gasteiger partial charge in [0.2, 0.25) is 0 Å². The number of hydrogen-bond acceptors (Lipinski definition) is 6. The standard InChI is InChI=1S/C25H31N3O4S/c1-18-23(19(2)28(27-18)22-11-12-33(29,30)17-22)15-26-14-21-9-10-24(25(13-21)31-3)32-16-20-7-5-4-6-8-20/h4-10,13,22,26H,11-12,14-17H2,1-3H3/t22-/m1/s1. The zero-order chi connectivity index (χ0) is 23.4. The van der Waals surface area contributed by atoms with E-state index in [0.717, 1.165) is 28.1 Å². The lowest BCUT2D eigenvalue weighted by Crippen LogP contribution is -2.16. The third-order valence-corrected chi connectivity index (χ3v) is 7.88. The fourth-order valence-electron chi connectivity index (χ4n) is 4.29. The second-order valence-corrected chi connectivity index (χ2v) is 10.7. The summed E-state index contributed by atoms with van der Waals surface area (Å²) in [6.45, 7) is 5.80. The van der Waals surface area contributed by atoms with E-state index < -0.39 is 9.84 Å². The first-order chi connectivity index (χ1) is 15.9. The van der Waals surface area contributed by atoms with Crippen molar-refractivity contribution in [1.29, 1.82) is 0 Å². The van der Waals surface area contributed by atoms with Crippen molar-refractivity contribution in [2.75, 3.05) is 18.6 Å². The monoisotopic (exact) mass is 469 g/mol. The van der Waals surface area contributed by atoms with Crippen LogP contribution in [0.15, 0.2) is 48.5 Å². The van der Waals surface area contributed by atoms with Gasteiger partial charge in [-0.25, -0.2) is 8.42 Å². The fraction of sp³-hybridized carbons (Fsp3) is 0.400. The number of rotatable bonds is 9. The first kappa shape index (κ1) is 23.3. The lowest BCUT2D eigenvalue weighted by atomic mass is 10.1. The molecule has 1 N–H and O–H groups in total. The molecule has 1 fully saturated rings. The maximum atomic E-state index is 11.9. The summed E-state index contributed by atoms with van der Waals surface area (Å²) in [6.07, 6.45) is 0.635. The van der Waals surface area contributed by atoms with E-state index in [1.807, 2.05) is 67.1 Å². The van der Waals surface area contributed by atoms with Crippen LogP contribution in [-0.4, -0.2) is 36.8 Å². The second kappa shape index (κ2) is 9.97. The molecule has 2 aromatic carbocycles. The van der Waals surface area contributed by atoms with Crippen LogP contribution in [0.1, 0.15) is 40.5 Å². The van der Waals surface area contributed by atoms with Crippen molar-refractivity contribution in [2.24, 2.45) is 0 Å². The minimum absolute atomic E-state index is 0.0601. The smallest absolute Gasteiger partial charge is 0.161 e. The van der Waals surface area contributed by atoms with Crippen molar-refractivity contribution in [3.63, 3.8) is 0 Å². The zero-order valence-electron chi connectivity index (χ0n) is 19.4. The Kier molecular flexibility index (Phi) is 7.05. The summed E-state index contributed by atoms with van der Waals surface area (Å²) in [6, 6.07) is 15.9. The van der Waals surface area contributed by atoms with Gasteiger partial charge in [-0.05, 0) is 43.5 Å². The molecule has 2 heterocycles. The first-order valence-corrected chi connectivity index (χ1v) is 13.0. The lowest BCUT2D eigenvalue weighted by Gasteiger charge is -2.13. The van der Waals surface area contributed by atoms with Crippen molar-refractivity contribution in [3.8, 4) is 11.5 Å². The molecule has 33 heavy (non-hydrogen) atoms. The van der Waals surface area contributed by atoms with Crippen LogP contribution in [0, 0.1) is 13.8 Å². The van der Waals surface area contributed by atoms with Gasteiger partial charge in [-0.3, -0.25) is 4.68 Å². The number of nitrogens with zero attached hydrogens (tertiary/aromatic N) is 2. The Morgan fingerprint density at radius 1 is 1.06 bits per heavy atom. The highest BCUT2D eigenvalue weighted by Crippen LogP contribution is 2.29. The topological polar surface area (TPSA) is 82.5 Å². The lowest BCUT2D eigenvalue weighted by molar-refractivity contribution is 0.284.